The SMILES string of the molecule is O=C(N[C@@H](Cc1ccc2ccccc2c1)C(=O)NC1(C(=O)O)CCOCC1)OCC1c2ccccc2-c2ccccc21. The third kappa shape index (κ3) is 5.45. The molecule has 4 aromatic carbocycles. The third-order valence-electron chi connectivity index (χ3n) is 8.32. The molecule has 0 saturated carbocycles. The van der Waals surface area contributed by atoms with Gasteiger partial charge >= 0.3 is 12.1 Å². The van der Waals surface area contributed by atoms with Crippen LogP contribution >= 0.6 is 0 Å². The Bertz CT molecular complexity index is 1600. The minimum absolute atomic E-state index is 0.0978. The van der Waals surface area contributed by atoms with Gasteiger partial charge in [-0.1, -0.05) is 91.0 Å². The van der Waals surface area contributed by atoms with Crippen molar-refractivity contribution in [2.45, 2.75) is 36.8 Å². The summed E-state index contributed by atoms with van der Waals surface area (Å²) in [5, 5.41) is 17.5. The monoisotopic (exact) mass is 564 g/mol. The molecule has 3 N–H and O–H groups in total. The van der Waals surface area contributed by atoms with Gasteiger partial charge in [-0.25, -0.2) is 9.59 Å². The van der Waals surface area contributed by atoms with Crippen molar-refractivity contribution >= 4 is 28.7 Å². The molecule has 1 aliphatic heterocycles. The molecule has 4 aromatic rings. The zero-order valence-corrected chi connectivity index (χ0v) is 23.0. The summed E-state index contributed by atoms with van der Waals surface area (Å²) < 4.78 is 11.1. The maximum Gasteiger partial charge on any atom is 0.407 e. The van der Waals surface area contributed by atoms with Crippen LogP contribution in [0.5, 0.6) is 0 Å². The predicted octanol–water partition coefficient (Wildman–Crippen LogP) is 5.04. The summed E-state index contributed by atoms with van der Waals surface area (Å²) in [5.41, 5.74) is 3.76. The zero-order valence-electron chi connectivity index (χ0n) is 23.0. The van der Waals surface area contributed by atoms with E-state index in [9.17, 15) is 19.5 Å². The average molecular weight is 565 g/mol. The molecule has 1 saturated heterocycles. The summed E-state index contributed by atoms with van der Waals surface area (Å²) in [6.45, 7) is 0.546. The van der Waals surface area contributed by atoms with E-state index in [1.807, 2.05) is 78.9 Å². The minimum Gasteiger partial charge on any atom is -0.480 e. The van der Waals surface area contributed by atoms with E-state index in [1.165, 1.54) is 0 Å². The van der Waals surface area contributed by atoms with Crippen LogP contribution in [0.1, 0.15) is 35.4 Å². The van der Waals surface area contributed by atoms with Gasteiger partial charge in [0.25, 0.3) is 0 Å². The number of hydrogen-bond donors (Lipinski definition) is 3. The molecule has 6 rings (SSSR count). The second-order valence-corrected chi connectivity index (χ2v) is 10.9. The van der Waals surface area contributed by atoms with E-state index >= 15 is 0 Å². The number of carboxylic acid groups (broad SMARTS) is 1. The molecule has 8 heteroatoms. The number of fused-ring (bicyclic) bond motifs is 4. The van der Waals surface area contributed by atoms with Gasteiger partial charge in [-0.3, -0.25) is 4.79 Å². The van der Waals surface area contributed by atoms with Crippen molar-refractivity contribution < 1.29 is 29.0 Å². The summed E-state index contributed by atoms with van der Waals surface area (Å²) >= 11 is 0. The smallest absolute Gasteiger partial charge is 0.407 e. The second kappa shape index (κ2) is 11.7. The van der Waals surface area contributed by atoms with Gasteiger partial charge in [-0.15, -0.1) is 0 Å². The van der Waals surface area contributed by atoms with Gasteiger partial charge in [0, 0.05) is 38.4 Å². The van der Waals surface area contributed by atoms with E-state index in [0.717, 1.165) is 38.6 Å². The molecule has 2 amide bonds. The van der Waals surface area contributed by atoms with Crippen LogP contribution < -0.4 is 10.6 Å². The second-order valence-electron chi connectivity index (χ2n) is 10.9. The zero-order chi connectivity index (χ0) is 29.1. The maximum atomic E-state index is 13.6. The molecule has 0 bridgehead atoms. The number of rotatable bonds is 8. The molecule has 214 valence electrons. The number of carbonyl (C=O) groups excluding carboxylic acids is 2. The van der Waals surface area contributed by atoms with Crippen LogP contribution in [0.4, 0.5) is 4.79 Å². The van der Waals surface area contributed by atoms with Crippen LogP contribution in [-0.4, -0.2) is 54.5 Å². The number of carboxylic acids is 1. The van der Waals surface area contributed by atoms with Crippen molar-refractivity contribution in [1.29, 1.82) is 0 Å². The van der Waals surface area contributed by atoms with Crippen molar-refractivity contribution in [1.82, 2.24) is 10.6 Å². The fourth-order valence-electron chi connectivity index (χ4n) is 6.03. The third-order valence-corrected chi connectivity index (χ3v) is 8.32. The van der Waals surface area contributed by atoms with Crippen molar-refractivity contribution in [3.8, 4) is 11.1 Å². The molecule has 1 atom stereocenters. The number of aliphatic carboxylic acids is 1. The van der Waals surface area contributed by atoms with Crippen molar-refractivity contribution in [3.63, 3.8) is 0 Å². The lowest BCUT2D eigenvalue weighted by Crippen LogP contribution is -2.61. The number of amides is 2. The number of nitrogens with one attached hydrogen (secondary N) is 2. The first-order valence-electron chi connectivity index (χ1n) is 14.2. The highest BCUT2D eigenvalue weighted by atomic mass is 16.5. The normalized spacial score (nSPS) is 16.2. The quantitative estimate of drug-likeness (QED) is 0.276. The molecule has 1 heterocycles. The highest BCUT2D eigenvalue weighted by molar-refractivity contribution is 5.92. The molecule has 0 spiro atoms. The van der Waals surface area contributed by atoms with Crippen LogP contribution in [0, 0.1) is 0 Å². The molecule has 0 radical (unpaired) electrons. The van der Waals surface area contributed by atoms with Gasteiger partial charge in [0.2, 0.25) is 5.91 Å². The predicted molar refractivity (Wildman–Crippen MR) is 158 cm³/mol. The van der Waals surface area contributed by atoms with Crippen LogP contribution in [0.3, 0.4) is 0 Å². The van der Waals surface area contributed by atoms with E-state index in [2.05, 4.69) is 22.8 Å². The summed E-state index contributed by atoms with van der Waals surface area (Å²) in [5.74, 6) is -1.83. The Balaban J connectivity index is 1.21. The molecule has 42 heavy (non-hydrogen) atoms. The molecule has 0 unspecified atom stereocenters. The van der Waals surface area contributed by atoms with Gasteiger partial charge in [0.05, 0.1) is 0 Å². The lowest BCUT2D eigenvalue weighted by molar-refractivity contribution is -0.152. The topological polar surface area (TPSA) is 114 Å². The van der Waals surface area contributed by atoms with Gasteiger partial charge in [-0.2, -0.15) is 0 Å². The lowest BCUT2D eigenvalue weighted by atomic mass is 9.89. The highest BCUT2D eigenvalue weighted by Crippen LogP contribution is 2.44. The first-order valence-corrected chi connectivity index (χ1v) is 14.2. The highest BCUT2D eigenvalue weighted by Gasteiger charge is 2.43. The Kier molecular flexibility index (Phi) is 7.63. The van der Waals surface area contributed by atoms with E-state index in [-0.39, 0.29) is 45.0 Å². The molecule has 2 aliphatic rings. The average Bonchev–Trinajstić information content (AvgIpc) is 3.33. The number of benzene rings is 4. The van der Waals surface area contributed by atoms with Crippen molar-refractivity contribution in [2.75, 3.05) is 19.8 Å². The van der Waals surface area contributed by atoms with E-state index in [0.29, 0.717) is 0 Å². The standard InChI is InChI=1S/C34H32N2O6/c37-31(36-34(32(38)39)15-17-41-18-16-34)30(20-22-13-14-23-7-1-2-8-24(23)19-22)35-33(40)42-21-29-27-11-5-3-9-25(27)26-10-4-6-12-28(26)29/h1-14,19,29-30H,15-18,20-21H2,(H,35,40)(H,36,37)(H,38,39)/t30-/m0/s1. The van der Waals surface area contributed by atoms with Crippen LogP contribution in [0.25, 0.3) is 21.9 Å². The molecule has 1 aliphatic carbocycles. The molecular weight excluding hydrogens is 532 g/mol. The summed E-state index contributed by atoms with van der Waals surface area (Å²) in [7, 11) is 0. The molecule has 8 nitrogen and oxygen atoms in total. The Morgan fingerprint density at radius 2 is 1.48 bits per heavy atom. The van der Waals surface area contributed by atoms with Crippen molar-refractivity contribution in [3.05, 3.63) is 108 Å². The van der Waals surface area contributed by atoms with Crippen LogP contribution in [0.2, 0.25) is 0 Å². The number of hydrogen-bond acceptors (Lipinski definition) is 5. The van der Waals surface area contributed by atoms with Gasteiger partial charge in [-0.05, 0) is 38.6 Å². The molecular formula is C34H32N2O6. The maximum absolute atomic E-state index is 13.6. The Morgan fingerprint density at radius 1 is 0.857 bits per heavy atom. The largest absolute Gasteiger partial charge is 0.480 e. The van der Waals surface area contributed by atoms with E-state index < -0.39 is 29.6 Å². The van der Waals surface area contributed by atoms with E-state index in [4.69, 9.17) is 9.47 Å². The molecule has 0 aromatic heterocycles. The number of ether oxygens (including phenoxy) is 2. The summed E-state index contributed by atoms with van der Waals surface area (Å²) in [6.07, 6.45) is -0.301. The van der Waals surface area contributed by atoms with Gasteiger partial charge in [0.15, 0.2) is 0 Å². The molecule has 1 fully saturated rings. The minimum atomic E-state index is -1.46. The van der Waals surface area contributed by atoms with Gasteiger partial charge < -0.3 is 25.2 Å². The number of alkyl carbamates (subject to hydrolysis) is 1. The van der Waals surface area contributed by atoms with Crippen LogP contribution in [-0.2, 0) is 25.5 Å². The summed E-state index contributed by atoms with van der Waals surface area (Å²) in [4.78, 5) is 39.1. The Labute approximate surface area is 243 Å². The lowest BCUT2D eigenvalue weighted by Gasteiger charge is -2.35. The van der Waals surface area contributed by atoms with Crippen LogP contribution in [0.15, 0.2) is 91.0 Å². The Hall–Kier alpha value is -4.69. The Morgan fingerprint density at radius 3 is 2.14 bits per heavy atom. The fraction of sp³-hybridized carbons (Fsp3) is 0.265. The first kappa shape index (κ1) is 27.5. The summed E-state index contributed by atoms with van der Waals surface area (Å²) in [6, 6.07) is 28.8. The van der Waals surface area contributed by atoms with Gasteiger partial charge in [0.1, 0.15) is 18.2 Å². The van der Waals surface area contributed by atoms with Crippen molar-refractivity contribution in [2.24, 2.45) is 0 Å². The first-order chi connectivity index (χ1) is 20.4. The van der Waals surface area contributed by atoms with E-state index in [1.54, 1.807) is 0 Å². The fourth-order valence-corrected chi connectivity index (χ4v) is 6.03. The number of carbonyl (C=O) groups is 3.